The molecule has 0 aliphatic carbocycles. The number of benzene rings is 1. The van der Waals surface area contributed by atoms with E-state index in [1.807, 2.05) is 30.9 Å². The Balaban J connectivity index is 1.81. The van der Waals surface area contributed by atoms with Gasteiger partial charge in [-0.15, -0.1) is 0 Å². The second-order valence-electron chi connectivity index (χ2n) is 6.49. The van der Waals surface area contributed by atoms with Crippen LogP contribution in [-0.4, -0.2) is 39.4 Å². The molecule has 1 amide bonds. The molecule has 0 saturated carbocycles. The van der Waals surface area contributed by atoms with Gasteiger partial charge in [0.15, 0.2) is 0 Å². The van der Waals surface area contributed by atoms with E-state index in [-0.39, 0.29) is 11.9 Å². The number of aromatic nitrogens is 2. The highest BCUT2D eigenvalue weighted by Gasteiger charge is 2.27. The molecule has 2 aromatic rings. The maximum Gasteiger partial charge on any atom is 0.245 e. The first-order valence-electron chi connectivity index (χ1n) is 8.34. The van der Waals surface area contributed by atoms with Crippen molar-refractivity contribution in [2.75, 3.05) is 11.9 Å². The summed E-state index contributed by atoms with van der Waals surface area (Å²) >= 11 is 0. The number of rotatable bonds is 3. The van der Waals surface area contributed by atoms with Crippen LogP contribution in [0.25, 0.3) is 10.9 Å². The number of hydrogen-bond donors (Lipinski definition) is 1. The van der Waals surface area contributed by atoms with Gasteiger partial charge in [-0.05, 0) is 52.2 Å². The minimum Gasteiger partial charge on any atom is -0.358 e. The van der Waals surface area contributed by atoms with Crippen LogP contribution < -0.4 is 5.32 Å². The summed E-state index contributed by atoms with van der Waals surface area (Å²) in [5.74, 6) is 0.876. The lowest BCUT2D eigenvalue weighted by molar-refractivity contribution is -0.134. The van der Waals surface area contributed by atoms with E-state index in [2.05, 4.69) is 28.3 Å². The molecule has 5 heteroatoms. The Morgan fingerprint density at radius 1 is 1.35 bits per heavy atom. The predicted octanol–water partition coefficient (Wildman–Crippen LogP) is 3.14. The quantitative estimate of drug-likeness (QED) is 0.946. The van der Waals surface area contributed by atoms with E-state index in [0.717, 1.165) is 41.7 Å². The molecule has 1 aromatic heterocycles. The minimum atomic E-state index is -0.297. The fourth-order valence-electron chi connectivity index (χ4n) is 3.23. The Labute approximate surface area is 137 Å². The Hall–Kier alpha value is -2.17. The lowest BCUT2D eigenvalue weighted by Gasteiger charge is -2.35. The normalized spacial score (nSPS) is 19.6. The Morgan fingerprint density at radius 2 is 2.17 bits per heavy atom. The van der Waals surface area contributed by atoms with E-state index >= 15 is 0 Å². The summed E-state index contributed by atoms with van der Waals surface area (Å²) < 4.78 is 0. The van der Waals surface area contributed by atoms with Crippen molar-refractivity contribution in [1.82, 2.24) is 14.9 Å². The second-order valence-corrected chi connectivity index (χ2v) is 6.49. The van der Waals surface area contributed by atoms with E-state index < -0.39 is 0 Å². The summed E-state index contributed by atoms with van der Waals surface area (Å²) in [5.41, 5.74) is 2.04. The van der Waals surface area contributed by atoms with E-state index in [9.17, 15) is 4.79 Å². The van der Waals surface area contributed by atoms with Crippen molar-refractivity contribution in [3.8, 4) is 0 Å². The summed E-state index contributed by atoms with van der Waals surface area (Å²) in [6.07, 6.45) is 4.94. The number of carbonyl (C=O) groups excluding carboxylic acids is 1. The van der Waals surface area contributed by atoms with Gasteiger partial charge in [0.05, 0.1) is 5.52 Å². The molecule has 1 saturated heterocycles. The minimum absolute atomic E-state index is 0.150. The molecule has 1 N–H and O–H groups in total. The van der Waals surface area contributed by atoms with Gasteiger partial charge in [-0.25, -0.2) is 9.97 Å². The number of anilines is 1. The van der Waals surface area contributed by atoms with Gasteiger partial charge in [-0.2, -0.15) is 0 Å². The number of piperidine rings is 1. The number of aryl methyl sites for hydroxylation is 1. The zero-order valence-corrected chi connectivity index (χ0v) is 14.0. The third kappa shape index (κ3) is 3.28. The zero-order valence-electron chi connectivity index (χ0n) is 14.0. The molecule has 3 rings (SSSR count). The van der Waals surface area contributed by atoms with Crippen LogP contribution >= 0.6 is 0 Å². The maximum absolute atomic E-state index is 12.7. The van der Waals surface area contributed by atoms with Crippen molar-refractivity contribution >= 4 is 22.6 Å². The first-order chi connectivity index (χ1) is 11.1. The molecule has 2 heterocycles. The van der Waals surface area contributed by atoms with E-state index in [1.165, 1.54) is 6.42 Å². The van der Waals surface area contributed by atoms with Crippen molar-refractivity contribution in [1.29, 1.82) is 0 Å². The number of fused-ring (bicyclic) bond motifs is 1. The highest BCUT2D eigenvalue weighted by Crippen LogP contribution is 2.22. The Morgan fingerprint density at radius 3 is 2.96 bits per heavy atom. The molecule has 0 radical (unpaired) electrons. The smallest absolute Gasteiger partial charge is 0.245 e. The average Bonchev–Trinajstić information content (AvgIpc) is 2.55. The molecule has 1 aliphatic heterocycles. The molecule has 0 spiro atoms. The van der Waals surface area contributed by atoms with Crippen LogP contribution in [0.5, 0.6) is 0 Å². The second kappa shape index (κ2) is 6.52. The van der Waals surface area contributed by atoms with Crippen molar-refractivity contribution in [2.24, 2.45) is 0 Å². The highest BCUT2D eigenvalue weighted by atomic mass is 16.2. The van der Waals surface area contributed by atoms with Crippen LogP contribution in [0.1, 0.15) is 38.7 Å². The van der Waals surface area contributed by atoms with Gasteiger partial charge in [0, 0.05) is 18.0 Å². The van der Waals surface area contributed by atoms with Gasteiger partial charge in [0.2, 0.25) is 5.91 Å². The molecule has 2 atom stereocenters. The number of nitrogens with zero attached hydrogens (tertiary/aromatic N) is 3. The Kier molecular flexibility index (Phi) is 4.46. The monoisotopic (exact) mass is 312 g/mol. The number of nitrogens with one attached hydrogen (secondary N) is 1. The molecular formula is C18H24N4O. The van der Waals surface area contributed by atoms with Crippen molar-refractivity contribution in [2.45, 2.75) is 52.1 Å². The predicted molar refractivity (Wildman–Crippen MR) is 92.4 cm³/mol. The van der Waals surface area contributed by atoms with E-state index in [1.54, 1.807) is 6.33 Å². The molecule has 5 nitrogen and oxygen atoms in total. The topological polar surface area (TPSA) is 58.1 Å². The molecule has 122 valence electrons. The highest BCUT2D eigenvalue weighted by molar-refractivity contribution is 5.92. The molecule has 23 heavy (non-hydrogen) atoms. The lowest BCUT2D eigenvalue weighted by Crippen LogP contribution is -2.48. The zero-order chi connectivity index (χ0) is 16.4. The number of likely N-dealkylation sites (tertiary alicyclic amines) is 1. The first kappa shape index (κ1) is 15.7. The summed E-state index contributed by atoms with van der Waals surface area (Å²) in [5, 5.41) is 4.24. The SMILES string of the molecule is Cc1ccc2ncnc(NC(C)C(=O)N3CCCCC3C)c2c1. The number of carbonyl (C=O) groups is 1. The van der Waals surface area contributed by atoms with Crippen LogP contribution in [0.4, 0.5) is 5.82 Å². The Bertz CT molecular complexity index is 715. The number of amides is 1. The molecule has 2 unspecified atom stereocenters. The van der Waals surface area contributed by atoms with Crippen LogP contribution in [0, 0.1) is 6.92 Å². The van der Waals surface area contributed by atoms with Gasteiger partial charge in [-0.3, -0.25) is 4.79 Å². The fourth-order valence-corrected chi connectivity index (χ4v) is 3.23. The van der Waals surface area contributed by atoms with Gasteiger partial charge < -0.3 is 10.2 Å². The van der Waals surface area contributed by atoms with Crippen molar-refractivity contribution in [3.63, 3.8) is 0 Å². The summed E-state index contributed by atoms with van der Waals surface area (Å²) in [7, 11) is 0. The summed E-state index contributed by atoms with van der Waals surface area (Å²) in [6, 6.07) is 6.09. The van der Waals surface area contributed by atoms with Crippen molar-refractivity contribution in [3.05, 3.63) is 30.1 Å². The summed E-state index contributed by atoms with van der Waals surface area (Å²) in [4.78, 5) is 23.4. The molecule has 0 bridgehead atoms. The van der Waals surface area contributed by atoms with Gasteiger partial charge in [-0.1, -0.05) is 11.6 Å². The number of hydrogen-bond acceptors (Lipinski definition) is 4. The third-order valence-electron chi connectivity index (χ3n) is 4.60. The molecule has 1 fully saturated rings. The largest absolute Gasteiger partial charge is 0.358 e. The third-order valence-corrected chi connectivity index (χ3v) is 4.60. The van der Waals surface area contributed by atoms with Gasteiger partial charge in [0.25, 0.3) is 0 Å². The average molecular weight is 312 g/mol. The first-order valence-corrected chi connectivity index (χ1v) is 8.34. The summed E-state index contributed by atoms with van der Waals surface area (Å²) in [6.45, 7) is 6.94. The van der Waals surface area contributed by atoms with Crippen LogP contribution in [0.2, 0.25) is 0 Å². The van der Waals surface area contributed by atoms with Crippen LogP contribution in [0.15, 0.2) is 24.5 Å². The van der Waals surface area contributed by atoms with Crippen LogP contribution in [-0.2, 0) is 4.79 Å². The lowest BCUT2D eigenvalue weighted by atomic mass is 10.0. The fraction of sp³-hybridized carbons (Fsp3) is 0.500. The maximum atomic E-state index is 12.7. The van der Waals surface area contributed by atoms with Gasteiger partial charge in [0.1, 0.15) is 18.2 Å². The van der Waals surface area contributed by atoms with Crippen molar-refractivity contribution < 1.29 is 4.79 Å². The molecule has 1 aliphatic rings. The van der Waals surface area contributed by atoms with Crippen LogP contribution in [0.3, 0.4) is 0 Å². The standard InChI is InChI=1S/C18H24N4O/c1-12-7-8-16-15(10-12)17(20-11-19-16)21-14(3)18(23)22-9-5-4-6-13(22)2/h7-8,10-11,13-14H,4-6,9H2,1-3H3,(H,19,20,21). The van der Waals surface area contributed by atoms with Gasteiger partial charge >= 0.3 is 0 Å². The molecular weight excluding hydrogens is 288 g/mol. The van der Waals surface area contributed by atoms with E-state index in [0.29, 0.717) is 6.04 Å². The van der Waals surface area contributed by atoms with E-state index in [4.69, 9.17) is 0 Å². The molecule has 1 aromatic carbocycles.